The van der Waals surface area contributed by atoms with Crippen molar-refractivity contribution in [2.75, 3.05) is 13.1 Å². The Morgan fingerprint density at radius 2 is 1.76 bits per heavy atom. The zero-order chi connectivity index (χ0) is 16.2. The van der Waals surface area contributed by atoms with Crippen LogP contribution in [0.4, 0.5) is 0 Å². The zero-order valence-corrected chi connectivity index (χ0v) is 15.3. The predicted molar refractivity (Wildman–Crippen MR) is 87.2 cm³/mol. The van der Waals surface area contributed by atoms with Gasteiger partial charge in [0.05, 0.1) is 10.0 Å². The van der Waals surface area contributed by atoms with Crippen molar-refractivity contribution in [3.8, 4) is 0 Å². The van der Waals surface area contributed by atoms with E-state index >= 15 is 0 Å². The molecule has 1 rings (SSSR count). The van der Waals surface area contributed by atoms with Crippen LogP contribution in [0.1, 0.15) is 13.8 Å². The molecule has 2 N–H and O–H groups in total. The van der Waals surface area contributed by atoms with Gasteiger partial charge in [0.1, 0.15) is 4.90 Å². The topological polar surface area (TPSA) is 75.3 Å². The van der Waals surface area contributed by atoms with Crippen LogP contribution in [0.15, 0.2) is 21.5 Å². The molecule has 0 saturated carbocycles. The number of hydrogen-bond acceptors (Lipinski definition) is 3. The number of carbonyl (C=O) groups excluding carboxylic acids is 1. The Bertz CT molecular complexity index is 612. The van der Waals surface area contributed by atoms with E-state index in [1.165, 1.54) is 12.1 Å². The minimum Gasteiger partial charge on any atom is -0.355 e. The molecule has 9 heteroatoms. The lowest BCUT2D eigenvalue weighted by atomic mass is 10.2. The van der Waals surface area contributed by atoms with Crippen LogP contribution in [-0.2, 0) is 14.8 Å². The number of carbonyl (C=O) groups is 1. The number of benzene rings is 1. The fourth-order valence-corrected chi connectivity index (χ4v) is 4.40. The Kier molecular flexibility index (Phi) is 6.93. The average Bonchev–Trinajstić information content (AvgIpc) is 2.32. The molecule has 5 nitrogen and oxygen atoms in total. The van der Waals surface area contributed by atoms with Crippen molar-refractivity contribution in [1.82, 2.24) is 10.0 Å². The summed E-state index contributed by atoms with van der Waals surface area (Å²) in [5, 5.41) is 2.65. The maximum Gasteiger partial charge on any atom is 0.243 e. The Labute approximate surface area is 142 Å². The van der Waals surface area contributed by atoms with Gasteiger partial charge in [0.15, 0.2) is 0 Å². The molecule has 0 atom stereocenters. The second kappa shape index (κ2) is 7.78. The highest BCUT2D eigenvalue weighted by molar-refractivity contribution is 9.10. The van der Waals surface area contributed by atoms with Crippen molar-refractivity contribution in [2.45, 2.75) is 18.7 Å². The van der Waals surface area contributed by atoms with Gasteiger partial charge in [0.2, 0.25) is 15.9 Å². The van der Waals surface area contributed by atoms with Gasteiger partial charge in [-0.2, -0.15) is 0 Å². The molecule has 0 radical (unpaired) electrons. The summed E-state index contributed by atoms with van der Waals surface area (Å²) in [6.45, 7) is 3.73. The van der Waals surface area contributed by atoms with Gasteiger partial charge in [-0.05, 0) is 12.1 Å². The number of amides is 1. The third-order valence-electron chi connectivity index (χ3n) is 2.47. The normalized spacial score (nSPS) is 11.7. The minimum absolute atomic E-state index is 0.0214. The molecule has 1 amide bonds. The summed E-state index contributed by atoms with van der Waals surface area (Å²) in [6, 6.07) is 2.89. The van der Waals surface area contributed by atoms with Gasteiger partial charge in [-0.15, -0.1) is 0 Å². The van der Waals surface area contributed by atoms with Crippen molar-refractivity contribution in [3.63, 3.8) is 0 Å². The van der Waals surface area contributed by atoms with Crippen LogP contribution in [0.5, 0.6) is 0 Å². The van der Waals surface area contributed by atoms with Crippen molar-refractivity contribution >= 4 is 55.1 Å². The fraction of sp³-hybridized carbons (Fsp3) is 0.417. The van der Waals surface area contributed by atoms with E-state index in [1.807, 2.05) is 0 Å². The Morgan fingerprint density at radius 3 is 2.24 bits per heavy atom. The first-order valence-electron chi connectivity index (χ1n) is 6.07. The Balaban J connectivity index is 2.73. The maximum atomic E-state index is 12.2. The molecule has 0 unspecified atom stereocenters. The molecule has 0 fully saturated rings. The third kappa shape index (κ3) is 5.41. The summed E-state index contributed by atoms with van der Waals surface area (Å²) in [4.78, 5) is 11.2. The highest BCUT2D eigenvalue weighted by Crippen LogP contribution is 2.32. The van der Waals surface area contributed by atoms with E-state index in [9.17, 15) is 13.2 Å². The molecule has 21 heavy (non-hydrogen) atoms. The maximum absolute atomic E-state index is 12.2. The van der Waals surface area contributed by atoms with Gasteiger partial charge in [0.25, 0.3) is 0 Å². The molecular formula is C12H15BrCl2N2O3S. The molecule has 1 aromatic carbocycles. The van der Waals surface area contributed by atoms with E-state index in [1.54, 1.807) is 13.8 Å². The standard InChI is InChI=1S/C12H15BrCl2N2O3S/c1-7(2)12(18)16-3-4-17-21(19,20)11-9(14)5-8(13)6-10(11)15/h5-7,17H,3-4H2,1-2H3,(H,16,18). The first-order valence-corrected chi connectivity index (χ1v) is 9.10. The smallest absolute Gasteiger partial charge is 0.243 e. The molecule has 1 aromatic rings. The van der Waals surface area contributed by atoms with E-state index in [2.05, 4.69) is 26.0 Å². The summed E-state index contributed by atoms with van der Waals surface area (Å²) in [7, 11) is -3.84. The molecular weight excluding hydrogens is 403 g/mol. The lowest BCUT2D eigenvalue weighted by Crippen LogP contribution is -2.36. The number of halogens is 3. The van der Waals surface area contributed by atoms with Crippen LogP contribution < -0.4 is 10.0 Å². The van der Waals surface area contributed by atoms with Crippen molar-refractivity contribution in [3.05, 3.63) is 26.7 Å². The summed E-state index contributed by atoms with van der Waals surface area (Å²) >= 11 is 15.0. The van der Waals surface area contributed by atoms with Gasteiger partial charge >= 0.3 is 0 Å². The monoisotopic (exact) mass is 416 g/mol. The Hall–Kier alpha value is -0.340. The van der Waals surface area contributed by atoms with Gasteiger partial charge in [-0.3, -0.25) is 4.79 Å². The molecule has 0 aliphatic carbocycles. The molecule has 0 aliphatic rings. The van der Waals surface area contributed by atoms with Crippen LogP contribution in [0, 0.1) is 5.92 Å². The lowest BCUT2D eigenvalue weighted by Gasteiger charge is -2.11. The van der Waals surface area contributed by atoms with Gasteiger partial charge in [-0.25, -0.2) is 13.1 Å². The molecule has 0 aromatic heterocycles. The minimum atomic E-state index is -3.84. The largest absolute Gasteiger partial charge is 0.355 e. The first-order chi connectivity index (χ1) is 9.65. The molecule has 0 heterocycles. The van der Waals surface area contributed by atoms with E-state index in [4.69, 9.17) is 23.2 Å². The van der Waals surface area contributed by atoms with E-state index in [0.717, 1.165) is 0 Å². The third-order valence-corrected chi connectivity index (χ3v) is 5.31. The number of sulfonamides is 1. The van der Waals surface area contributed by atoms with Crippen LogP contribution in [0.3, 0.4) is 0 Å². The molecule has 0 aliphatic heterocycles. The van der Waals surface area contributed by atoms with Gasteiger partial charge < -0.3 is 5.32 Å². The zero-order valence-electron chi connectivity index (χ0n) is 11.4. The second-order valence-corrected chi connectivity index (χ2v) is 7.98. The molecule has 118 valence electrons. The van der Waals surface area contributed by atoms with E-state index < -0.39 is 10.0 Å². The van der Waals surface area contributed by atoms with Crippen LogP contribution >= 0.6 is 39.1 Å². The summed E-state index contributed by atoms with van der Waals surface area (Å²) in [6.07, 6.45) is 0. The van der Waals surface area contributed by atoms with Crippen LogP contribution in [0.25, 0.3) is 0 Å². The van der Waals surface area contributed by atoms with Crippen LogP contribution in [-0.4, -0.2) is 27.4 Å². The SMILES string of the molecule is CC(C)C(=O)NCCNS(=O)(=O)c1c(Cl)cc(Br)cc1Cl. The van der Waals surface area contributed by atoms with Crippen molar-refractivity contribution < 1.29 is 13.2 Å². The summed E-state index contributed by atoms with van der Waals surface area (Å²) in [5.74, 6) is -0.300. The highest BCUT2D eigenvalue weighted by Gasteiger charge is 2.22. The lowest BCUT2D eigenvalue weighted by molar-refractivity contribution is -0.123. The average molecular weight is 418 g/mol. The van der Waals surface area contributed by atoms with Gasteiger partial charge in [0, 0.05) is 23.5 Å². The molecule has 0 saturated heterocycles. The Morgan fingerprint density at radius 1 is 1.24 bits per heavy atom. The van der Waals surface area contributed by atoms with Crippen LogP contribution in [0.2, 0.25) is 10.0 Å². The van der Waals surface area contributed by atoms with Crippen molar-refractivity contribution in [1.29, 1.82) is 0 Å². The second-order valence-electron chi connectivity index (χ2n) is 4.54. The summed E-state index contributed by atoms with van der Waals surface area (Å²) < 4.78 is 27.2. The summed E-state index contributed by atoms with van der Waals surface area (Å²) in [5.41, 5.74) is 0. The van der Waals surface area contributed by atoms with E-state index in [-0.39, 0.29) is 39.9 Å². The molecule has 0 spiro atoms. The first kappa shape index (κ1) is 18.7. The number of rotatable bonds is 6. The quantitative estimate of drug-likeness (QED) is 0.698. The number of hydrogen-bond donors (Lipinski definition) is 2. The van der Waals surface area contributed by atoms with Crippen molar-refractivity contribution in [2.24, 2.45) is 5.92 Å². The fourth-order valence-electron chi connectivity index (χ4n) is 1.43. The highest BCUT2D eigenvalue weighted by atomic mass is 79.9. The van der Waals surface area contributed by atoms with Gasteiger partial charge in [-0.1, -0.05) is 53.0 Å². The molecule has 0 bridgehead atoms. The number of nitrogens with one attached hydrogen (secondary N) is 2. The predicted octanol–water partition coefficient (Wildman–Crippen LogP) is 2.81. The van der Waals surface area contributed by atoms with E-state index in [0.29, 0.717) is 4.47 Å².